The molecule has 0 aliphatic rings. The highest BCUT2D eigenvalue weighted by molar-refractivity contribution is 7.80. The van der Waals surface area contributed by atoms with Crippen LogP contribution in [0.15, 0.2) is 12.2 Å². The van der Waals surface area contributed by atoms with Gasteiger partial charge in [0.05, 0.1) is 0 Å². The first-order valence-electron chi connectivity index (χ1n) is 11.9. The lowest BCUT2D eigenvalue weighted by Gasteiger charge is -2.09. The van der Waals surface area contributed by atoms with Gasteiger partial charge in [0.15, 0.2) is 0 Å². The van der Waals surface area contributed by atoms with Crippen LogP contribution in [0.25, 0.3) is 0 Å². The summed E-state index contributed by atoms with van der Waals surface area (Å²) in [4.78, 5) is 10.8. The third-order valence-electron chi connectivity index (χ3n) is 4.99. The number of unbranched alkanes of at least 4 members (excludes halogenated alkanes) is 15. The van der Waals surface area contributed by atoms with E-state index in [9.17, 15) is 17.8 Å². The van der Waals surface area contributed by atoms with Crippen LogP contribution in [0.1, 0.15) is 116 Å². The second-order valence-electron chi connectivity index (χ2n) is 7.94. The van der Waals surface area contributed by atoms with Gasteiger partial charge in [0.2, 0.25) is 16.5 Å². The van der Waals surface area contributed by atoms with Crippen molar-refractivity contribution in [2.24, 2.45) is 0 Å². The van der Waals surface area contributed by atoms with Gasteiger partial charge in [0.1, 0.15) is 0 Å². The molecule has 0 aromatic carbocycles. The van der Waals surface area contributed by atoms with E-state index in [1.807, 2.05) is 0 Å². The van der Waals surface area contributed by atoms with Gasteiger partial charge in [0, 0.05) is 6.42 Å². The number of aliphatic carboxylic acids is 1. The fraction of sp³-hybridized carbons (Fsp3) is 0.792. The summed E-state index contributed by atoms with van der Waals surface area (Å²) in [6.07, 6.45) is 22.8. The Bertz CT molecular complexity index is 630. The quantitative estimate of drug-likeness (QED) is 0.0775. The largest absolute Gasteiger partial charge is 0.725 e. The summed E-state index contributed by atoms with van der Waals surface area (Å²) < 4.78 is 35.2. The molecule has 0 unspecified atom stereocenters. The number of carboxylic acid groups (broad SMARTS) is 1. The molecule has 0 amide bonds. The molecule has 0 saturated carbocycles. The standard InChI is InChI=1S/C24H42O6S/c1-2-3-4-5-6-7-8-9-10-11-12-13-14-15-16-17-18-19-20-21-22-23(24(25)26)30-31(27,28)29/h7-8,23H,2-6,9-20H2,1H3,(H,25,26)(H,27,28,29)/p-1/b8-7-/t23-/m1/s1. The molecule has 1 atom stereocenters. The number of hydrogen-bond donors (Lipinski definition) is 1. The van der Waals surface area contributed by atoms with Gasteiger partial charge in [-0.15, -0.1) is 0 Å². The van der Waals surface area contributed by atoms with Gasteiger partial charge in [-0.2, -0.15) is 0 Å². The summed E-state index contributed by atoms with van der Waals surface area (Å²) in [6, 6.07) is 0. The topological polar surface area (TPSA) is 104 Å². The van der Waals surface area contributed by atoms with E-state index in [-0.39, 0.29) is 0 Å². The van der Waals surface area contributed by atoms with Crippen molar-refractivity contribution in [3.05, 3.63) is 12.2 Å². The fourth-order valence-electron chi connectivity index (χ4n) is 3.22. The minimum Gasteiger partial charge on any atom is -0.725 e. The van der Waals surface area contributed by atoms with Crippen molar-refractivity contribution in [1.82, 2.24) is 0 Å². The van der Waals surface area contributed by atoms with E-state index in [1.54, 1.807) is 0 Å². The van der Waals surface area contributed by atoms with E-state index in [1.165, 1.54) is 83.5 Å². The monoisotopic (exact) mass is 457 g/mol. The van der Waals surface area contributed by atoms with Gasteiger partial charge in [-0.3, -0.25) is 4.18 Å². The Kier molecular flexibility index (Phi) is 19.6. The van der Waals surface area contributed by atoms with Crippen LogP contribution in [0, 0.1) is 11.8 Å². The van der Waals surface area contributed by atoms with Crippen LogP contribution in [0.3, 0.4) is 0 Å². The summed E-state index contributed by atoms with van der Waals surface area (Å²) in [7, 11) is -5.08. The molecule has 31 heavy (non-hydrogen) atoms. The van der Waals surface area contributed by atoms with Crippen molar-refractivity contribution in [2.75, 3.05) is 0 Å². The van der Waals surface area contributed by atoms with E-state index in [2.05, 4.69) is 35.1 Å². The van der Waals surface area contributed by atoms with Crippen LogP contribution in [0.2, 0.25) is 0 Å². The normalized spacial score (nSPS) is 12.6. The Balaban J connectivity index is 3.46. The Morgan fingerprint density at radius 3 is 1.77 bits per heavy atom. The van der Waals surface area contributed by atoms with Gasteiger partial charge in [0.25, 0.3) is 0 Å². The molecular formula is C24H41O6S-. The predicted molar refractivity (Wildman–Crippen MR) is 123 cm³/mol. The minimum absolute atomic E-state index is 0.458. The van der Waals surface area contributed by atoms with Crippen LogP contribution >= 0.6 is 0 Å². The van der Waals surface area contributed by atoms with Gasteiger partial charge >= 0.3 is 5.97 Å². The molecule has 0 radical (unpaired) electrons. The van der Waals surface area contributed by atoms with E-state index in [0.29, 0.717) is 6.42 Å². The molecule has 0 aliphatic heterocycles. The lowest BCUT2D eigenvalue weighted by Crippen LogP contribution is -2.25. The maximum absolute atomic E-state index is 10.8. The third-order valence-corrected chi connectivity index (χ3v) is 5.41. The second-order valence-corrected chi connectivity index (χ2v) is 8.95. The number of allylic oxidation sites excluding steroid dienone is 2. The SMILES string of the molecule is CCCCCC/C=C\CCCCCCCCCCCCC#C[C@@H](OS(=O)(=O)[O-])C(=O)O. The van der Waals surface area contributed by atoms with Crippen molar-refractivity contribution >= 4 is 16.4 Å². The molecule has 0 aromatic rings. The summed E-state index contributed by atoms with van der Waals surface area (Å²) in [6.45, 7) is 2.24. The molecule has 0 spiro atoms. The molecule has 0 aliphatic carbocycles. The molecular weight excluding hydrogens is 416 g/mol. The molecule has 0 aromatic heterocycles. The number of carboxylic acids is 1. The summed E-state index contributed by atoms with van der Waals surface area (Å²) in [5, 5.41) is 8.76. The second kappa shape index (κ2) is 20.5. The highest BCUT2D eigenvalue weighted by Gasteiger charge is 2.18. The van der Waals surface area contributed by atoms with E-state index in [4.69, 9.17) is 5.11 Å². The molecule has 180 valence electrons. The van der Waals surface area contributed by atoms with Crippen molar-refractivity contribution in [1.29, 1.82) is 0 Å². The maximum Gasteiger partial charge on any atom is 0.347 e. The van der Waals surface area contributed by atoms with Crippen LogP contribution in [-0.2, 0) is 19.4 Å². The molecule has 1 N–H and O–H groups in total. The Morgan fingerprint density at radius 1 is 0.871 bits per heavy atom. The number of carbonyl (C=O) groups is 1. The zero-order valence-corrected chi connectivity index (χ0v) is 20.0. The van der Waals surface area contributed by atoms with Gasteiger partial charge in [-0.05, 0) is 32.1 Å². The first-order chi connectivity index (χ1) is 14.9. The molecule has 7 heteroatoms. The van der Waals surface area contributed by atoms with Crippen LogP contribution < -0.4 is 0 Å². The van der Waals surface area contributed by atoms with E-state index in [0.717, 1.165) is 19.3 Å². The van der Waals surface area contributed by atoms with Crippen LogP contribution in [0.4, 0.5) is 0 Å². The minimum atomic E-state index is -5.08. The number of rotatable bonds is 20. The lowest BCUT2D eigenvalue weighted by atomic mass is 10.0. The van der Waals surface area contributed by atoms with Gasteiger partial charge in [-0.25, -0.2) is 13.2 Å². The molecule has 0 saturated heterocycles. The Labute approximate surface area is 189 Å². The highest BCUT2D eigenvalue weighted by Crippen LogP contribution is 2.12. The number of hydrogen-bond acceptors (Lipinski definition) is 5. The maximum atomic E-state index is 10.8. The van der Waals surface area contributed by atoms with E-state index >= 15 is 0 Å². The van der Waals surface area contributed by atoms with Crippen molar-refractivity contribution in [2.45, 2.75) is 122 Å². The average molecular weight is 458 g/mol. The smallest absolute Gasteiger partial charge is 0.347 e. The lowest BCUT2D eigenvalue weighted by molar-refractivity contribution is -0.142. The molecule has 0 heterocycles. The van der Waals surface area contributed by atoms with Gasteiger partial charge < -0.3 is 9.66 Å². The van der Waals surface area contributed by atoms with Crippen LogP contribution in [0.5, 0.6) is 0 Å². The zero-order chi connectivity index (χ0) is 23.2. The highest BCUT2D eigenvalue weighted by atomic mass is 32.3. The first-order valence-corrected chi connectivity index (χ1v) is 13.2. The van der Waals surface area contributed by atoms with Crippen molar-refractivity contribution < 1.29 is 27.1 Å². The fourth-order valence-corrected chi connectivity index (χ4v) is 3.59. The summed E-state index contributed by atoms with van der Waals surface area (Å²) >= 11 is 0. The molecule has 0 bridgehead atoms. The van der Waals surface area contributed by atoms with Crippen LogP contribution in [-0.4, -0.2) is 30.2 Å². The Hall–Kier alpha value is -1.36. The summed E-state index contributed by atoms with van der Waals surface area (Å²) in [5.74, 6) is 3.18. The average Bonchev–Trinajstić information content (AvgIpc) is 2.70. The Morgan fingerprint density at radius 2 is 1.32 bits per heavy atom. The zero-order valence-electron chi connectivity index (χ0n) is 19.1. The molecule has 6 nitrogen and oxygen atoms in total. The molecule has 0 rings (SSSR count). The van der Waals surface area contributed by atoms with Gasteiger partial charge in [-0.1, -0.05) is 102 Å². The van der Waals surface area contributed by atoms with Crippen molar-refractivity contribution in [3.8, 4) is 11.8 Å². The summed E-state index contributed by atoms with van der Waals surface area (Å²) in [5.41, 5.74) is 0. The molecule has 0 fully saturated rings. The third kappa shape index (κ3) is 23.1. The first kappa shape index (κ1) is 29.6. The van der Waals surface area contributed by atoms with Crippen molar-refractivity contribution in [3.63, 3.8) is 0 Å². The predicted octanol–water partition coefficient (Wildman–Crippen LogP) is 6.13. The van der Waals surface area contributed by atoms with E-state index < -0.39 is 22.5 Å².